The van der Waals surface area contributed by atoms with E-state index in [4.69, 9.17) is 0 Å². The number of fused-ring (bicyclic) bond motifs is 1. The number of nitrogens with zero attached hydrogens (tertiary/aromatic N) is 2. The maximum absolute atomic E-state index is 12.8. The lowest BCUT2D eigenvalue weighted by molar-refractivity contribution is -0.120. The number of aromatic nitrogens is 2. The minimum Gasteiger partial charge on any atom is -0.355 e. The molecule has 0 bridgehead atoms. The summed E-state index contributed by atoms with van der Waals surface area (Å²) in [6.45, 7) is 9.01. The molecular weight excluding hydrogens is 310 g/mol. The number of benzene rings is 1. The first kappa shape index (κ1) is 17.5. The van der Waals surface area contributed by atoms with Crippen LogP contribution < -0.4 is 10.9 Å². The maximum atomic E-state index is 12.8. The first-order valence-electron chi connectivity index (χ1n) is 7.88. The summed E-state index contributed by atoms with van der Waals surface area (Å²) in [6, 6.07) is 7.33. The lowest BCUT2D eigenvalue weighted by atomic mass is 10.2. The standard InChI is InChI=1S/C17H23N3O2S/c1-5-18-15(21)12(4)23-17-19-14-9-7-6-8-13(14)16(22)20(17)10-11(2)3/h6-9,11-12H,5,10H2,1-4H3,(H,18,21)/t12-/m0/s1. The van der Waals surface area contributed by atoms with Gasteiger partial charge in [0.15, 0.2) is 5.16 Å². The topological polar surface area (TPSA) is 64.0 Å². The Kier molecular flexibility index (Phi) is 5.82. The second-order valence-electron chi connectivity index (χ2n) is 5.88. The van der Waals surface area contributed by atoms with E-state index >= 15 is 0 Å². The molecule has 2 aromatic rings. The number of thioether (sulfide) groups is 1. The Bertz CT molecular complexity index is 755. The SMILES string of the molecule is CCNC(=O)[C@H](C)Sc1nc2ccccc2c(=O)n1CC(C)C. The van der Waals surface area contributed by atoms with E-state index in [1.807, 2.05) is 32.0 Å². The molecule has 0 aliphatic carbocycles. The normalized spacial score (nSPS) is 12.6. The molecule has 0 saturated heterocycles. The zero-order chi connectivity index (χ0) is 17.0. The number of hydrogen-bond acceptors (Lipinski definition) is 4. The highest BCUT2D eigenvalue weighted by Crippen LogP contribution is 2.23. The molecule has 1 N–H and O–H groups in total. The summed E-state index contributed by atoms with van der Waals surface area (Å²) in [7, 11) is 0. The van der Waals surface area contributed by atoms with Crippen molar-refractivity contribution in [3.63, 3.8) is 0 Å². The molecule has 1 aromatic carbocycles. The molecule has 2 rings (SSSR count). The van der Waals surface area contributed by atoms with Gasteiger partial charge in [-0.15, -0.1) is 0 Å². The molecule has 23 heavy (non-hydrogen) atoms. The van der Waals surface area contributed by atoms with E-state index in [1.165, 1.54) is 11.8 Å². The Balaban J connectivity index is 2.47. The average molecular weight is 333 g/mol. The monoisotopic (exact) mass is 333 g/mol. The molecule has 0 unspecified atom stereocenters. The molecule has 6 heteroatoms. The average Bonchev–Trinajstić information content (AvgIpc) is 2.51. The summed E-state index contributed by atoms with van der Waals surface area (Å²) in [5.41, 5.74) is 0.623. The van der Waals surface area contributed by atoms with Crippen LogP contribution in [0.2, 0.25) is 0 Å². The van der Waals surface area contributed by atoms with Crippen molar-refractivity contribution < 1.29 is 4.79 Å². The van der Waals surface area contributed by atoms with Crippen LogP contribution in [0.25, 0.3) is 10.9 Å². The number of para-hydroxylation sites is 1. The maximum Gasteiger partial charge on any atom is 0.262 e. The van der Waals surface area contributed by atoms with Gasteiger partial charge in [-0.1, -0.05) is 37.7 Å². The molecule has 1 atom stereocenters. The minimum absolute atomic E-state index is 0.0454. The van der Waals surface area contributed by atoms with Crippen LogP contribution in [0, 0.1) is 5.92 Å². The third kappa shape index (κ3) is 4.13. The predicted octanol–water partition coefficient (Wildman–Crippen LogP) is 2.67. The quantitative estimate of drug-likeness (QED) is 0.652. The van der Waals surface area contributed by atoms with Crippen LogP contribution in [-0.2, 0) is 11.3 Å². The summed E-state index contributed by atoms with van der Waals surface area (Å²) in [5, 5.41) is 3.71. The molecule has 124 valence electrons. The summed E-state index contributed by atoms with van der Waals surface area (Å²) >= 11 is 1.33. The zero-order valence-corrected chi connectivity index (χ0v) is 14.8. The number of carbonyl (C=O) groups excluding carboxylic acids is 1. The van der Waals surface area contributed by atoms with Crippen molar-refractivity contribution in [2.24, 2.45) is 5.92 Å². The van der Waals surface area contributed by atoms with Crippen LogP contribution in [0.1, 0.15) is 27.7 Å². The number of carbonyl (C=O) groups is 1. The second kappa shape index (κ2) is 7.64. The van der Waals surface area contributed by atoms with Gasteiger partial charge in [0.2, 0.25) is 5.91 Å². The van der Waals surface area contributed by atoms with E-state index in [1.54, 1.807) is 10.6 Å². The first-order chi connectivity index (χ1) is 10.9. The lowest BCUT2D eigenvalue weighted by Crippen LogP contribution is -2.32. The molecule has 0 aliphatic heterocycles. The fraction of sp³-hybridized carbons (Fsp3) is 0.471. The van der Waals surface area contributed by atoms with Crippen LogP contribution in [-0.4, -0.2) is 27.3 Å². The Morgan fingerprint density at radius 1 is 1.30 bits per heavy atom. The summed E-state index contributed by atoms with van der Waals surface area (Å²) in [5.74, 6) is 0.269. The summed E-state index contributed by atoms with van der Waals surface area (Å²) in [4.78, 5) is 29.4. The molecule has 0 aliphatic rings. The Labute approximate surface area is 140 Å². The van der Waals surface area contributed by atoms with Crippen molar-refractivity contribution in [2.75, 3.05) is 6.54 Å². The highest BCUT2D eigenvalue weighted by molar-refractivity contribution is 8.00. The number of nitrogens with one attached hydrogen (secondary N) is 1. The van der Waals surface area contributed by atoms with Gasteiger partial charge in [0, 0.05) is 13.1 Å². The van der Waals surface area contributed by atoms with Gasteiger partial charge in [0.1, 0.15) is 0 Å². The van der Waals surface area contributed by atoms with Crippen LogP contribution in [0.4, 0.5) is 0 Å². The van der Waals surface area contributed by atoms with Crippen LogP contribution in [0.15, 0.2) is 34.2 Å². The third-order valence-corrected chi connectivity index (χ3v) is 4.47. The fourth-order valence-corrected chi connectivity index (χ4v) is 3.24. The van der Waals surface area contributed by atoms with E-state index < -0.39 is 0 Å². The number of hydrogen-bond donors (Lipinski definition) is 1. The van der Waals surface area contributed by atoms with E-state index in [2.05, 4.69) is 24.1 Å². The molecule has 1 amide bonds. The van der Waals surface area contributed by atoms with Gasteiger partial charge in [0.25, 0.3) is 5.56 Å². The summed E-state index contributed by atoms with van der Waals surface area (Å²) < 4.78 is 1.69. The van der Waals surface area contributed by atoms with Crippen LogP contribution in [0.3, 0.4) is 0 Å². The lowest BCUT2D eigenvalue weighted by Gasteiger charge is -2.17. The smallest absolute Gasteiger partial charge is 0.262 e. The van der Waals surface area contributed by atoms with Crippen molar-refractivity contribution in [1.29, 1.82) is 0 Å². The number of rotatable bonds is 6. The predicted molar refractivity (Wildman–Crippen MR) is 94.8 cm³/mol. The van der Waals surface area contributed by atoms with Gasteiger partial charge in [-0.2, -0.15) is 0 Å². The molecule has 1 heterocycles. The van der Waals surface area contributed by atoms with E-state index in [0.29, 0.717) is 35.1 Å². The molecular formula is C17H23N3O2S. The molecule has 0 saturated carbocycles. The highest BCUT2D eigenvalue weighted by atomic mass is 32.2. The van der Waals surface area contributed by atoms with Crippen molar-refractivity contribution in [1.82, 2.24) is 14.9 Å². The Morgan fingerprint density at radius 3 is 2.65 bits per heavy atom. The van der Waals surface area contributed by atoms with E-state index in [-0.39, 0.29) is 16.7 Å². The third-order valence-electron chi connectivity index (χ3n) is 3.38. The van der Waals surface area contributed by atoms with Crippen molar-refractivity contribution >= 4 is 28.6 Å². The highest BCUT2D eigenvalue weighted by Gasteiger charge is 2.19. The van der Waals surface area contributed by atoms with Gasteiger partial charge in [-0.3, -0.25) is 14.2 Å². The van der Waals surface area contributed by atoms with E-state index in [0.717, 1.165) is 0 Å². The molecule has 0 fully saturated rings. The van der Waals surface area contributed by atoms with Crippen molar-refractivity contribution in [3.8, 4) is 0 Å². The van der Waals surface area contributed by atoms with Crippen LogP contribution >= 0.6 is 11.8 Å². The Morgan fingerprint density at radius 2 is 2.00 bits per heavy atom. The van der Waals surface area contributed by atoms with Gasteiger partial charge in [-0.25, -0.2) is 4.98 Å². The zero-order valence-electron chi connectivity index (χ0n) is 14.0. The van der Waals surface area contributed by atoms with Gasteiger partial charge >= 0.3 is 0 Å². The van der Waals surface area contributed by atoms with Gasteiger partial charge < -0.3 is 5.32 Å². The van der Waals surface area contributed by atoms with Gasteiger partial charge in [-0.05, 0) is 31.9 Å². The van der Waals surface area contributed by atoms with Crippen LogP contribution in [0.5, 0.6) is 0 Å². The van der Waals surface area contributed by atoms with E-state index in [9.17, 15) is 9.59 Å². The molecule has 0 spiro atoms. The summed E-state index contributed by atoms with van der Waals surface area (Å²) in [6.07, 6.45) is 0. The minimum atomic E-state index is -0.304. The molecule has 5 nitrogen and oxygen atoms in total. The number of amides is 1. The largest absolute Gasteiger partial charge is 0.355 e. The molecule has 1 aromatic heterocycles. The molecule has 0 radical (unpaired) electrons. The van der Waals surface area contributed by atoms with Gasteiger partial charge in [0.05, 0.1) is 16.2 Å². The van der Waals surface area contributed by atoms with Crippen molar-refractivity contribution in [3.05, 3.63) is 34.6 Å². The van der Waals surface area contributed by atoms with Crippen molar-refractivity contribution in [2.45, 2.75) is 44.6 Å². The fourth-order valence-electron chi connectivity index (χ4n) is 2.29. The first-order valence-corrected chi connectivity index (χ1v) is 8.76. The second-order valence-corrected chi connectivity index (χ2v) is 7.18. The Hall–Kier alpha value is -1.82.